The predicted molar refractivity (Wildman–Crippen MR) is 42.0 cm³/mol. The minimum atomic E-state index is -1.19. The molecule has 0 saturated heterocycles. The van der Waals surface area contributed by atoms with E-state index in [-0.39, 0.29) is 5.75 Å². The van der Waals surface area contributed by atoms with Gasteiger partial charge in [0.2, 0.25) is 0 Å². The van der Waals surface area contributed by atoms with Crippen LogP contribution in [-0.2, 0) is 0 Å². The summed E-state index contributed by atoms with van der Waals surface area (Å²) in [6, 6.07) is 7.01. The summed E-state index contributed by atoms with van der Waals surface area (Å²) in [7, 11) is 0. The van der Waals surface area contributed by atoms with Crippen molar-refractivity contribution in [3.05, 3.63) is 42.2 Å². The van der Waals surface area contributed by atoms with Crippen LogP contribution in [-0.4, -0.2) is 0 Å². The monoisotopic (exact) mass is 170 g/mol. The van der Waals surface area contributed by atoms with E-state index in [0.29, 0.717) is 0 Å². The first-order chi connectivity index (χ1) is 5.70. The van der Waals surface area contributed by atoms with Crippen molar-refractivity contribution in [2.75, 3.05) is 0 Å². The van der Waals surface area contributed by atoms with Gasteiger partial charge in [-0.05, 0) is 19.1 Å². The van der Waals surface area contributed by atoms with Gasteiger partial charge in [0.25, 0.3) is 0 Å². The molecule has 3 heteroatoms. The number of allylic oxidation sites excluding steroid dienone is 1. The first-order valence-corrected chi connectivity index (χ1v) is 3.45. The van der Waals surface area contributed by atoms with Crippen molar-refractivity contribution < 1.29 is 13.5 Å². The Kier molecular flexibility index (Phi) is 2.80. The van der Waals surface area contributed by atoms with Gasteiger partial charge in [0.05, 0.1) is 0 Å². The second-order valence-electron chi connectivity index (χ2n) is 2.22. The molecule has 0 radical (unpaired) electrons. The highest BCUT2D eigenvalue weighted by Crippen LogP contribution is 2.16. The average molecular weight is 170 g/mol. The molecule has 0 aliphatic carbocycles. The van der Waals surface area contributed by atoms with E-state index in [1.165, 1.54) is 0 Å². The Morgan fingerprint density at radius 1 is 1.17 bits per heavy atom. The number of hydrogen-bond donors (Lipinski definition) is 0. The van der Waals surface area contributed by atoms with Gasteiger partial charge in [-0.1, -0.05) is 18.2 Å². The number of ether oxygens (including phenoxy) is 1. The largest absolute Gasteiger partial charge is 0.430 e. The van der Waals surface area contributed by atoms with E-state index >= 15 is 0 Å². The van der Waals surface area contributed by atoms with Crippen LogP contribution < -0.4 is 4.74 Å². The van der Waals surface area contributed by atoms with Gasteiger partial charge in [0, 0.05) is 0 Å². The van der Waals surface area contributed by atoms with Gasteiger partial charge in [-0.2, -0.15) is 4.39 Å². The summed E-state index contributed by atoms with van der Waals surface area (Å²) >= 11 is 0. The maximum atomic E-state index is 12.5. The van der Waals surface area contributed by atoms with Crippen LogP contribution in [0.15, 0.2) is 42.2 Å². The van der Waals surface area contributed by atoms with Crippen LogP contribution in [0.25, 0.3) is 0 Å². The third kappa shape index (κ3) is 2.34. The van der Waals surface area contributed by atoms with Gasteiger partial charge in [-0.25, -0.2) is 4.39 Å². The third-order valence-electron chi connectivity index (χ3n) is 1.22. The fourth-order valence-corrected chi connectivity index (χ4v) is 0.662. The molecule has 1 aromatic rings. The van der Waals surface area contributed by atoms with Gasteiger partial charge >= 0.3 is 6.01 Å². The zero-order valence-corrected chi connectivity index (χ0v) is 6.55. The van der Waals surface area contributed by atoms with E-state index in [4.69, 9.17) is 0 Å². The highest BCUT2D eigenvalue weighted by Gasteiger charge is 2.02. The lowest BCUT2D eigenvalue weighted by Crippen LogP contribution is -1.89. The summed E-state index contributed by atoms with van der Waals surface area (Å²) in [6.45, 7) is 0.998. The van der Waals surface area contributed by atoms with Crippen molar-refractivity contribution in [2.24, 2.45) is 0 Å². The van der Waals surface area contributed by atoms with E-state index in [2.05, 4.69) is 4.74 Å². The minimum absolute atomic E-state index is 0.284. The molecule has 0 unspecified atom stereocenters. The Morgan fingerprint density at radius 2 is 1.75 bits per heavy atom. The molecule has 64 valence electrons. The van der Waals surface area contributed by atoms with Crippen LogP contribution in [0, 0.1) is 0 Å². The van der Waals surface area contributed by atoms with Gasteiger partial charge in [0.15, 0.2) is 5.83 Å². The predicted octanol–water partition coefficient (Wildman–Crippen LogP) is 3.19. The van der Waals surface area contributed by atoms with Gasteiger partial charge in [0.1, 0.15) is 5.75 Å². The van der Waals surface area contributed by atoms with Crippen molar-refractivity contribution in [3.63, 3.8) is 0 Å². The molecular formula is C9H8F2O. The van der Waals surface area contributed by atoms with Gasteiger partial charge in [-0.3, -0.25) is 0 Å². The standard InChI is InChI=1S/C9H8F2O/c1-7(10)9(11)12-8-5-3-2-4-6-8/h2-6H,1H3/b9-7-. The highest BCUT2D eigenvalue weighted by atomic mass is 19.2. The van der Waals surface area contributed by atoms with Crippen molar-refractivity contribution in [2.45, 2.75) is 6.92 Å². The Hall–Kier alpha value is -1.38. The first-order valence-electron chi connectivity index (χ1n) is 3.45. The lowest BCUT2D eigenvalue weighted by atomic mass is 10.3. The van der Waals surface area contributed by atoms with Crippen LogP contribution in [0.5, 0.6) is 5.75 Å². The second-order valence-corrected chi connectivity index (χ2v) is 2.22. The molecule has 1 rings (SSSR count). The van der Waals surface area contributed by atoms with E-state index < -0.39 is 11.8 Å². The van der Waals surface area contributed by atoms with Crippen molar-refractivity contribution in [3.8, 4) is 5.75 Å². The molecule has 0 heterocycles. The van der Waals surface area contributed by atoms with Gasteiger partial charge in [-0.15, -0.1) is 0 Å². The van der Waals surface area contributed by atoms with E-state index in [0.717, 1.165) is 6.92 Å². The molecule has 0 atom stereocenters. The van der Waals surface area contributed by atoms with Crippen LogP contribution >= 0.6 is 0 Å². The fourth-order valence-electron chi connectivity index (χ4n) is 0.662. The summed E-state index contributed by atoms with van der Waals surface area (Å²) in [5.41, 5.74) is 0. The molecule has 0 aliphatic rings. The molecule has 1 aromatic carbocycles. The summed E-state index contributed by atoms with van der Waals surface area (Å²) in [4.78, 5) is 0. The zero-order chi connectivity index (χ0) is 8.97. The van der Waals surface area contributed by atoms with E-state index in [1.54, 1.807) is 30.3 Å². The van der Waals surface area contributed by atoms with E-state index in [9.17, 15) is 8.78 Å². The molecule has 12 heavy (non-hydrogen) atoms. The average Bonchev–Trinajstić information content (AvgIpc) is 2.06. The molecule has 0 aliphatic heterocycles. The van der Waals surface area contributed by atoms with Crippen LogP contribution in [0.4, 0.5) is 8.78 Å². The molecule has 0 amide bonds. The smallest absolute Gasteiger partial charge is 0.309 e. The lowest BCUT2D eigenvalue weighted by molar-refractivity contribution is 0.278. The number of hydrogen-bond acceptors (Lipinski definition) is 1. The molecule has 0 saturated carbocycles. The van der Waals surface area contributed by atoms with Crippen molar-refractivity contribution in [1.82, 2.24) is 0 Å². The summed E-state index contributed by atoms with van der Waals surface area (Å²) in [5, 5.41) is 0. The summed E-state index contributed by atoms with van der Waals surface area (Å²) in [5.74, 6) is -0.675. The Labute approximate surface area is 69.3 Å². The quantitative estimate of drug-likeness (QED) is 0.619. The summed E-state index contributed by atoms with van der Waals surface area (Å²) < 4.78 is 29.2. The maximum absolute atomic E-state index is 12.5. The SMILES string of the molecule is C/C(F)=C(\F)Oc1ccccc1. The number of benzene rings is 1. The van der Waals surface area contributed by atoms with Crippen molar-refractivity contribution in [1.29, 1.82) is 0 Å². The number of halogens is 2. The second kappa shape index (κ2) is 3.85. The van der Waals surface area contributed by atoms with Crippen LogP contribution in [0.1, 0.15) is 6.92 Å². The van der Waals surface area contributed by atoms with Gasteiger partial charge < -0.3 is 4.74 Å². The molecule has 1 nitrogen and oxygen atoms in total. The molecule has 0 spiro atoms. The van der Waals surface area contributed by atoms with Crippen LogP contribution in [0.3, 0.4) is 0 Å². The number of para-hydroxylation sites is 1. The highest BCUT2D eigenvalue weighted by molar-refractivity contribution is 5.22. The van der Waals surface area contributed by atoms with Crippen molar-refractivity contribution >= 4 is 0 Å². The number of rotatable bonds is 2. The molecule has 0 N–H and O–H groups in total. The zero-order valence-electron chi connectivity index (χ0n) is 6.55. The van der Waals surface area contributed by atoms with E-state index in [1.807, 2.05) is 0 Å². The topological polar surface area (TPSA) is 9.23 Å². The Morgan fingerprint density at radius 3 is 2.25 bits per heavy atom. The lowest BCUT2D eigenvalue weighted by Gasteiger charge is -2.00. The van der Waals surface area contributed by atoms with Crippen LogP contribution in [0.2, 0.25) is 0 Å². The Bertz CT molecular complexity index is 276. The summed E-state index contributed by atoms with van der Waals surface area (Å²) in [6.07, 6.45) is 0. The molecular weight excluding hydrogens is 162 g/mol. The molecule has 0 aromatic heterocycles. The molecule has 0 fully saturated rings. The minimum Gasteiger partial charge on any atom is -0.430 e. The Balaban J connectivity index is 2.72. The molecule has 0 bridgehead atoms. The first kappa shape index (κ1) is 8.71. The third-order valence-corrected chi connectivity index (χ3v) is 1.22. The maximum Gasteiger partial charge on any atom is 0.309 e. The fraction of sp³-hybridized carbons (Fsp3) is 0.111. The normalized spacial score (nSPS) is 12.2.